The molecule has 2 aromatic rings. The Morgan fingerprint density at radius 2 is 1.93 bits per heavy atom. The molecule has 1 aromatic carbocycles. The molecule has 0 radical (unpaired) electrons. The van der Waals surface area contributed by atoms with Crippen LogP contribution in [0.15, 0.2) is 28.7 Å². The van der Waals surface area contributed by atoms with Gasteiger partial charge in [-0.2, -0.15) is 5.26 Å². The molecule has 1 amide bonds. The van der Waals surface area contributed by atoms with E-state index in [4.69, 9.17) is 0 Å². The number of anilines is 1. The second-order valence-electron chi connectivity index (χ2n) is 7.70. The third-order valence-electron chi connectivity index (χ3n) is 5.60. The smallest absolute Gasteiger partial charge is 0.239 e. The number of carbonyl (C=O) groups excluding carboxylic acids is 1. The maximum atomic E-state index is 12.7. The maximum absolute atomic E-state index is 12.7. The summed E-state index contributed by atoms with van der Waals surface area (Å²) in [6.07, 6.45) is 4.61. The summed E-state index contributed by atoms with van der Waals surface area (Å²) in [7, 11) is 1.93. The molecule has 0 spiro atoms. The molecule has 3 rings (SSSR count). The van der Waals surface area contributed by atoms with E-state index >= 15 is 0 Å². The van der Waals surface area contributed by atoms with Crippen LogP contribution in [-0.2, 0) is 11.3 Å². The van der Waals surface area contributed by atoms with Crippen molar-refractivity contribution in [2.75, 3.05) is 18.9 Å². The van der Waals surface area contributed by atoms with Crippen molar-refractivity contribution in [2.45, 2.75) is 52.1 Å². The molecule has 148 valence electrons. The Bertz CT molecular complexity index is 889. The van der Waals surface area contributed by atoms with Gasteiger partial charge in [0, 0.05) is 22.8 Å². The quantitative estimate of drug-likeness (QED) is 0.689. The lowest BCUT2D eigenvalue weighted by molar-refractivity contribution is -0.117. The summed E-state index contributed by atoms with van der Waals surface area (Å²) in [5, 5.41) is 12.7. The van der Waals surface area contributed by atoms with Crippen LogP contribution < -0.4 is 5.32 Å². The van der Waals surface area contributed by atoms with Crippen molar-refractivity contribution < 1.29 is 4.79 Å². The topological polar surface area (TPSA) is 61.1 Å². The number of nitrogens with one attached hydrogen (secondary N) is 1. The van der Waals surface area contributed by atoms with E-state index in [1.54, 1.807) is 0 Å². The first-order valence-electron chi connectivity index (χ1n) is 9.75. The number of halogens is 1. The summed E-state index contributed by atoms with van der Waals surface area (Å²) in [6.45, 7) is 4.97. The van der Waals surface area contributed by atoms with E-state index in [0.29, 0.717) is 24.0 Å². The Balaban J connectivity index is 1.73. The number of carbonyl (C=O) groups is 1. The summed E-state index contributed by atoms with van der Waals surface area (Å²) in [5.74, 6) is 0.583. The first-order chi connectivity index (χ1) is 13.4. The summed E-state index contributed by atoms with van der Waals surface area (Å²) < 4.78 is 3.23. The minimum atomic E-state index is -0.0899. The summed E-state index contributed by atoms with van der Waals surface area (Å²) in [6, 6.07) is 10.8. The Kier molecular flexibility index (Phi) is 6.58. The van der Waals surface area contributed by atoms with Gasteiger partial charge in [0.15, 0.2) is 0 Å². The van der Waals surface area contributed by atoms with E-state index in [0.717, 1.165) is 34.1 Å². The van der Waals surface area contributed by atoms with Gasteiger partial charge in [-0.25, -0.2) is 0 Å². The van der Waals surface area contributed by atoms with Crippen molar-refractivity contribution in [1.82, 2.24) is 9.47 Å². The van der Waals surface area contributed by atoms with Gasteiger partial charge in [-0.3, -0.25) is 9.69 Å². The second kappa shape index (κ2) is 8.93. The van der Waals surface area contributed by atoms with Gasteiger partial charge >= 0.3 is 0 Å². The van der Waals surface area contributed by atoms with E-state index in [1.807, 2.05) is 50.1 Å². The molecule has 5 nitrogen and oxygen atoms in total. The third-order valence-corrected chi connectivity index (χ3v) is 6.12. The van der Waals surface area contributed by atoms with E-state index in [1.165, 1.54) is 12.8 Å². The molecule has 1 aliphatic rings. The monoisotopic (exact) mass is 442 g/mol. The number of aromatic nitrogens is 1. The highest BCUT2D eigenvalue weighted by Gasteiger charge is 2.26. The standard InChI is InChI=1S/C22H27BrN4O/c1-15-16(2)27(19-6-4-5-7-19)22(20(15)12-24)25-21(28)14-26(3)13-17-8-10-18(23)11-9-17/h8-11,19H,4-7,13-14H2,1-3H3,(H,25,28). The fraction of sp³-hybridized carbons (Fsp3) is 0.455. The fourth-order valence-corrected chi connectivity index (χ4v) is 4.34. The van der Waals surface area contributed by atoms with Crippen molar-refractivity contribution in [2.24, 2.45) is 0 Å². The van der Waals surface area contributed by atoms with Crippen LogP contribution in [0.2, 0.25) is 0 Å². The van der Waals surface area contributed by atoms with E-state index in [2.05, 4.69) is 31.9 Å². The van der Waals surface area contributed by atoms with Crippen molar-refractivity contribution in [3.63, 3.8) is 0 Å². The molecule has 0 unspecified atom stereocenters. The van der Waals surface area contributed by atoms with Gasteiger partial charge in [-0.05, 0) is 57.0 Å². The molecule has 1 aliphatic carbocycles. The van der Waals surface area contributed by atoms with Crippen LogP contribution in [0.5, 0.6) is 0 Å². The van der Waals surface area contributed by atoms with Gasteiger partial charge in [-0.1, -0.05) is 40.9 Å². The minimum absolute atomic E-state index is 0.0899. The molecule has 1 saturated carbocycles. The zero-order valence-corrected chi connectivity index (χ0v) is 18.3. The first-order valence-corrected chi connectivity index (χ1v) is 10.5. The van der Waals surface area contributed by atoms with Gasteiger partial charge in [-0.15, -0.1) is 0 Å². The van der Waals surface area contributed by atoms with Gasteiger partial charge in [0.25, 0.3) is 0 Å². The van der Waals surface area contributed by atoms with Crippen molar-refractivity contribution in [3.05, 3.63) is 51.1 Å². The average Bonchev–Trinajstić information content (AvgIpc) is 3.24. The van der Waals surface area contributed by atoms with Crippen LogP contribution in [0.1, 0.15) is 54.1 Å². The van der Waals surface area contributed by atoms with Crippen molar-refractivity contribution in [3.8, 4) is 6.07 Å². The fourth-order valence-electron chi connectivity index (χ4n) is 4.08. The highest BCUT2D eigenvalue weighted by Crippen LogP contribution is 2.37. The largest absolute Gasteiger partial charge is 0.327 e. The number of likely N-dealkylation sites (N-methyl/N-ethyl adjacent to an activating group) is 1. The van der Waals surface area contributed by atoms with E-state index < -0.39 is 0 Å². The normalized spacial score (nSPS) is 14.4. The number of benzene rings is 1. The number of hydrogen-bond donors (Lipinski definition) is 1. The molecule has 1 aromatic heterocycles. The van der Waals surface area contributed by atoms with Crippen LogP contribution in [0.4, 0.5) is 5.82 Å². The zero-order chi connectivity index (χ0) is 20.3. The molecule has 0 saturated heterocycles. The molecular formula is C22H27BrN4O. The molecule has 28 heavy (non-hydrogen) atoms. The summed E-state index contributed by atoms with van der Waals surface area (Å²) in [4.78, 5) is 14.7. The van der Waals surface area contributed by atoms with Crippen LogP contribution >= 0.6 is 15.9 Å². The molecular weight excluding hydrogens is 416 g/mol. The molecule has 1 heterocycles. The molecule has 1 N–H and O–H groups in total. The van der Waals surface area contributed by atoms with Crippen molar-refractivity contribution >= 4 is 27.7 Å². The van der Waals surface area contributed by atoms with Crippen LogP contribution in [0, 0.1) is 25.2 Å². The van der Waals surface area contributed by atoms with E-state index in [9.17, 15) is 10.1 Å². The minimum Gasteiger partial charge on any atom is -0.327 e. The Morgan fingerprint density at radius 1 is 1.29 bits per heavy atom. The van der Waals surface area contributed by atoms with Gasteiger partial charge < -0.3 is 9.88 Å². The molecule has 0 aliphatic heterocycles. The Morgan fingerprint density at radius 3 is 2.54 bits per heavy atom. The number of nitrogens with zero attached hydrogens (tertiary/aromatic N) is 3. The predicted molar refractivity (Wildman–Crippen MR) is 115 cm³/mol. The second-order valence-corrected chi connectivity index (χ2v) is 8.62. The number of rotatable bonds is 6. The molecule has 6 heteroatoms. The lowest BCUT2D eigenvalue weighted by Gasteiger charge is -2.21. The number of hydrogen-bond acceptors (Lipinski definition) is 3. The lowest BCUT2D eigenvalue weighted by Crippen LogP contribution is -2.31. The van der Waals surface area contributed by atoms with Gasteiger partial charge in [0.05, 0.1) is 12.1 Å². The third kappa shape index (κ3) is 4.48. The molecule has 0 bridgehead atoms. The van der Waals surface area contributed by atoms with Crippen LogP contribution in [-0.4, -0.2) is 29.0 Å². The maximum Gasteiger partial charge on any atom is 0.239 e. The number of nitriles is 1. The average molecular weight is 443 g/mol. The first kappa shape index (κ1) is 20.6. The molecule has 1 fully saturated rings. The lowest BCUT2D eigenvalue weighted by atomic mass is 10.2. The van der Waals surface area contributed by atoms with Gasteiger partial charge in [0.1, 0.15) is 11.9 Å². The van der Waals surface area contributed by atoms with Crippen molar-refractivity contribution in [1.29, 1.82) is 5.26 Å². The summed E-state index contributed by atoms with van der Waals surface area (Å²) in [5.41, 5.74) is 3.79. The zero-order valence-electron chi connectivity index (χ0n) is 16.8. The van der Waals surface area contributed by atoms with Crippen LogP contribution in [0.25, 0.3) is 0 Å². The van der Waals surface area contributed by atoms with Crippen LogP contribution in [0.3, 0.4) is 0 Å². The SMILES string of the molecule is Cc1c(C#N)c(NC(=O)CN(C)Cc2ccc(Br)cc2)n(C2CCCC2)c1C. The Labute approximate surface area is 175 Å². The van der Waals surface area contributed by atoms with Gasteiger partial charge in [0.2, 0.25) is 5.91 Å². The molecule has 0 atom stereocenters. The Hall–Kier alpha value is -2.10. The van der Waals surface area contributed by atoms with E-state index in [-0.39, 0.29) is 12.5 Å². The number of amides is 1. The summed E-state index contributed by atoms with van der Waals surface area (Å²) >= 11 is 3.44. The highest BCUT2D eigenvalue weighted by atomic mass is 79.9. The predicted octanol–water partition coefficient (Wildman–Crippen LogP) is 4.92. The highest BCUT2D eigenvalue weighted by molar-refractivity contribution is 9.10.